The van der Waals surface area contributed by atoms with E-state index in [1.807, 2.05) is 0 Å². The van der Waals surface area contributed by atoms with Crippen LogP contribution in [0.1, 0.15) is 163 Å². The summed E-state index contributed by atoms with van der Waals surface area (Å²) in [6, 6.07) is 15.8. The van der Waals surface area contributed by atoms with E-state index >= 15 is 0 Å². The Bertz CT molecular complexity index is 2360. The lowest BCUT2D eigenvalue weighted by atomic mass is 9.74. The smallest absolute Gasteiger partial charge is 0.311 e. The van der Waals surface area contributed by atoms with Crippen LogP contribution in [-0.2, 0) is 26.1 Å². The molecule has 0 amide bonds. The molecular weight excluding hydrogens is 945 g/mol. The largest absolute Gasteiger partial charge is 0.420 e. The Morgan fingerprint density at radius 2 is 1.43 bits per heavy atom. The van der Waals surface area contributed by atoms with Gasteiger partial charge in [-0.15, -0.1) is 0 Å². The van der Waals surface area contributed by atoms with E-state index in [1.54, 1.807) is 0 Å². The van der Waals surface area contributed by atoms with Gasteiger partial charge in [0, 0.05) is 56.5 Å². The molecule has 0 fully saturated rings. The van der Waals surface area contributed by atoms with E-state index < -0.39 is 45.0 Å². The molecule has 0 spiro atoms. The highest BCUT2D eigenvalue weighted by Crippen LogP contribution is 2.71. The Kier molecular flexibility index (Phi) is 21.2. The molecule has 0 N–H and O–H groups in total. The predicted octanol–water partition coefficient (Wildman–Crippen LogP) is 16.9. The summed E-state index contributed by atoms with van der Waals surface area (Å²) >= 11 is 4.20. The van der Waals surface area contributed by atoms with Crippen molar-refractivity contribution in [3.05, 3.63) is 123 Å². The highest BCUT2D eigenvalue weighted by atomic mass is 32.3. The third-order valence-corrected chi connectivity index (χ3v) is 22.6. The second-order valence-electron chi connectivity index (χ2n) is 20.7. The summed E-state index contributed by atoms with van der Waals surface area (Å²) in [5, 5.41) is 0. The lowest BCUT2D eigenvalue weighted by molar-refractivity contribution is -0.134. The summed E-state index contributed by atoms with van der Waals surface area (Å²) in [7, 11) is -1.46. The van der Waals surface area contributed by atoms with Crippen LogP contribution in [0.3, 0.4) is 0 Å². The van der Waals surface area contributed by atoms with Crippen molar-refractivity contribution in [1.82, 2.24) is 0 Å². The van der Waals surface area contributed by atoms with Crippen molar-refractivity contribution >= 4 is 45.1 Å². The third kappa shape index (κ3) is 14.3. The van der Waals surface area contributed by atoms with Gasteiger partial charge in [-0.25, -0.2) is 8.78 Å². The molecule has 5 atom stereocenters. The fourth-order valence-corrected chi connectivity index (χ4v) is 16.2. The van der Waals surface area contributed by atoms with Crippen molar-refractivity contribution in [2.75, 3.05) is 42.0 Å². The van der Waals surface area contributed by atoms with Crippen LogP contribution in [0.2, 0.25) is 0 Å². The number of esters is 1. The molecule has 0 bridgehead atoms. The van der Waals surface area contributed by atoms with Crippen LogP contribution < -0.4 is 4.74 Å². The van der Waals surface area contributed by atoms with Crippen molar-refractivity contribution in [1.29, 1.82) is 0 Å². The normalized spacial score (nSPS) is 19.2. The van der Waals surface area contributed by atoms with Gasteiger partial charge in [0.25, 0.3) is 0 Å². The van der Waals surface area contributed by atoms with E-state index in [1.165, 1.54) is 32.1 Å². The summed E-state index contributed by atoms with van der Waals surface area (Å²) in [6.07, 6.45) is 13.7. The van der Waals surface area contributed by atoms with Crippen LogP contribution in [0.15, 0.2) is 81.9 Å². The molecule has 1 aliphatic heterocycles. The van der Waals surface area contributed by atoms with Crippen molar-refractivity contribution in [2.24, 2.45) is 5.41 Å². The lowest BCUT2D eigenvalue weighted by Crippen LogP contribution is -2.28. The van der Waals surface area contributed by atoms with E-state index in [2.05, 4.69) is 166 Å². The quantitative estimate of drug-likeness (QED) is 0.0166. The minimum absolute atomic E-state index is 0.0824. The van der Waals surface area contributed by atoms with Gasteiger partial charge in [-0.3, -0.25) is 4.79 Å². The monoisotopic (exact) mass is 1020 g/mol. The first kappa shape index (κ1) is 57.8. The molecule has 0 radical (unpaired) electrons. The maximum atomic E-state index is 14.1. The molecular formula is C59H80F4O4S3. The Morgan fingerprint density at radius 3 is 2.06 bits per heavy atom. The Balaban J connectivity index is 1.37. The second-order valence-corrected chi connectivity index (χ2v) is 26.9. The van der Waals surface area contributed by atoms with Crippen LogP contribution >= 0.6 is 33.6 Å². The summed E-state index contributed by atoms with van der Waals surface area (Å²) in [6.45, 7) is 26.4. The molecule has 0 saturated carbocycles. The number of hydrogen-bond donors (Lipinski definition) is 0. The Morgan fingerprint density at radius 1 is 0.771 bits per heavy atom. The number of allylic oxidation sites excluding steroid dienone is 3. The van der Waals surface area contributed by atoms with Crippen LogP contribution in [-0.4, -0.2) is 64.4 Å². The SMILES string of the molecule is CCC(C)OCC(C)(CC)CSCCCS1(CCCSC(C)(CC)CCOC(C)(C)CC)C2=C(C=C=C=C2)c2ccc(C(C)(CC)c3ccc(CCCC(=O)Oc4c(F)c(F)cc(F)c4F)cc3)cc21. The molecule has 70 heavy (non-hydrogen) atoms. The first-order valence-corrected chi connectivity index (χ1v) is 29.8. The van der Waals surface area contributed by atoms with Crippen molar-refractivity contribution in [3.63, 3.8) is 0 Å². The number of benzene rings is 3. The number of aryl methyl sites for hydroxylation is 1. The van der Waals surface area contributed by atoms with Gasteiger partial charge in [0.05, 0.1) is 18.3 Å². The molecule has 1 aliphatic carbocycles. The number of ether oxygens (including phenoxy) is 3. The summed E-state index contributed by atoms with van der Waals surface area (Å²) in [5.74, 6) is -3.54. The number of carbonyl (C=O) groups is 1. The van der Waals surface area contributed by atoms with Gasteiger partial charge in [0.15, 0.2) is 11.6 Å². The first-order chi connectivity index (χ1) is 33.2. The number of rotatable bonds is 30. The number of fused-ring (bicyclic) bond motifs is 2. The molecule has 0 saturated heterocycles. The summed E-state index contributed by atoms with van der Waals surface area (Å²) in [5.41, 5.74) is 12.5. The average molecular weight is 1030 g/mol. The number of thioether (sulfide) groups is 2. The number of halogens is 4. The molecule has 5 unspecified atom stereocenters. The van der Waals surface area contributed by atoms with Gasteiger partial charge in [-0.2, -0.15) is 42.3 Å². The van der Waals surface area contributed by atoms with Gasteiger partial charge in [-0.1, -0.05) is 103 Å². The fraction of sp³-hybridized carbons (Fsp3) is 0.576. The topological polar surface area (TPSA) is 44.8 Å². The molecule has 3 aromatic carbocycles. The summed E-state index contributed by atoms with van der Waals surface area (Å²) < 4.78 is 73.1. The molecule has 3 aromatic rings. The summed E-state index contributed by atoms with van der Waals surface area (Å²) in [4.78, 5) is 15.4. The van der Waals surface area contributed by atoms with E-state index in [0.29, 0.717) is 12.8 Å². The van der Waals surface area contributed by atoms with E-state index in [9.17, 15) is 22.4 Å². The standard InChI is InChI=1S/C59H80F4O4S3/c1-12-42(6)65-40-57(9,14-3)41-68-34-20-36-70(37-21-35-69-58(10,15-4)32-33-66-56(7,8)13-2)50-24-18-17-23-46(50)47-31-30-45(38-51(47)70)59(11,16-5)44-28-26-43(27-29-44)22-19-25-52(64)67-55-53(62)48(60)39-49(61)54(55)63/h23-24,26-31,38-39,42H,12-16,19-22,25,32-37,40-41H2,1-11H3. The highest BCUT2D eigenvalue weighted by molar-refractivity contribution is 8.37. The van der Waals surface area contributed by atoms with Gasteiger partial charge >= 0.3 is 5.97 Å². The molecule has 11 heteroatoms. The minimum Gasteiger partial charge on any atom is -0.420 e. The van der Waals surface area contributed by atoms with Crippen LogP contribution in [0.5, 0.6) is 5.75 Å². The minimum atomic E-state index is -1.74. The predicted molar refractivity (Wildman–Crippen MR) is 290 cm³/mol. The van der Waals surface area contributed by atoms with E-state index in [-0.39, 0.29) is 39.8 Å². The van der Waals surface area contributed by atoms with Gasteiger partial charge < -0.3 is 14.2 Å². The molecule has 2 aliphatic rings. The van der Waals surface area contributed by atoms with E-state index in [4.69, 9.17) is 14.2 Å². The Labute approximate surface area is 428 Å². The molecule has 5 rings (SSSR count). The van der Waals surface area contributed by atoms with Crippen LogP contribution in [0, 0.1) is 28.7 Å². The number of carbonyl (C=O) groups excluding carboxylic acids is 1. The molecule has 386 valence electrons. The van der Waals surface area contributed by atoms with Crippen molar-refractivity contribution in [3.8, 4) is 5.75 Å². The zero-order chi connectivity index (χ0) is 51.3. The first-order valence-electron chi connectivity index (χ1n) is 25.7. The van der Waals surface area contributed by atoms with Crippen LogP contribution in [0.4, 0.5) is 17.6 Å². The van der Waals surface area contributed by atoms with Gasteiger partial charge in [0.1, 0.15) is 0 Å². The van der Waals surface area contributed by atoms with Crippen molar-refractivity contribution in [2.45, 2.75) is 174 Å². The van der Waals surface area contributed by atoms with Gasteiger partial charge in [-0.05, 0) is 148 Å². The van der Waals surface area contributed by atoms with E-state index in [0.717, 1.165) is 98.9 Å². The maximum absolute atomic E-state index is 14.1. The average Bonchev–Trinajstić information content (AvgIpc) is 3.63. The second kappa shape index (κ2) is 25.7. The van der Waals surface area contributed by atoms with Crippen molar-refractivity contribution < 1.29 is 36.6 Å². The third-order valence-electron chi connectivity index (χ3n) is 15.1. The fourth-order valence-electron chi connectivity index (χ4n) is 8.89. The van der Waals surface area contributed by atoms with Gasteiger partial charge in [0.2, 0.25) is 17.4 Å². The molecule has 0 aromatic heterocycles. The molecule has 1 heterocycles. The highest BCUT2D eigenvalue weighted by Gasteiger charge is 2.41. The zero-order valence-electron chi connectivity index (χ0n) is 43.9. The number of hydrogen-bond acceptors (Lipinski definition) is 6. The Hall–Kier alpha value is -3.14. The lowest BCUT2D eigenvalue weighted by Gasteiger charge is -2.41. The maximum Gasteiger partial charge on any atom is 0.311 e. The van der Waals surface area contributed by atoms with Crippen LogP contribution in [0.25, 0.3) is 5.57 Å². The zero-order valence-corrected chi connectivity index (χ0v) is 46.4. The molecule has 4 nitrogen and oxygen atoms in total.